The van der Waals surface area contributed by atoms with Gasteiger partial charge < -0.3 is 14.6 Å². The van der Waals surface area contributed by atoms with Crippen LogP contribution in [-0.4, -0.2) is 27.3 Å². The summed E-state index contributed by atoms with van der Waals surface area (Å²) in [5.74, 6) is -0.376. The van der Waals surface area contributed by atoms with Crippen LogP contribution in [0.4, 0.5) is 17.1 Å². The number of fused-ring (bicyclic) bond motifs is 1. The molecule has 29 heavy (non-hydrogen) atoms. The summed E-state index contributed by atoms with van der Waals surface area (Å²) in [6.07, 6.45) is 1.56. The molecule has 4 rings (SSSR count). The van der Waals surface area contributed by atoms with Gasteiger partial charge in [-0.25, -0.2) is 8.42 Å². The molecule has 148 valence electrons. The number of hydrogen-bond acceptors (Lipinski definition) is 5. The molecular weight excluding hydrogens is 394 g/mol. The molecule has 0 radical (unpaired) electrons. The van der Waals surface area contributed by atoms with Crippen molar-refractivity contribution in [3.05, 3.63) is 72.2 Å². The van der Waals surface area contributed by atoms with Crippen molar-refractivity contribution in [1.82, 2.24) is 0 Å². The third-order valence-corrected chi connectivity index (χ3v) is 5.93. The van der Waals surface area contributed by atoms with Gasteiger partial charge in [0.15, 0.2) is 5.76 Å². The largest absolute Gasteiger partial charge is 0.459 e. The Labute approximate surface area is 167 Å². The van der Waals surface area contributed by atoms with Gasteiger partial charge in [-0.15, -0.1) is 0 Å². The Hall–Kier alpha value is -3.59. The Bertz CT molecular complexity index is 1200. The summed E-state index contributed by atoms with van der Waals surface area (Å²) in [7, 11) is -2.21. The van der Waals surface area contributed by atoms with Crippen molar-refractivity contribution in [2.24, 2.45) is 0 Å². The van der Waals surface area contributed by atoms with E-state index in [1.165, 1.54) is 35.4 Å². The Balaban J connectivity index is 1.54. The third-order valence-electron chi connectivity index (χ3n) is 4.56. The van der Waals surface area contributed by atoms with Crippen LogP contribution in [0.2, 0.25) is 0 Å². The van der Waals surface area contributed by atoms with E-state index in [2.05, 4.69) is 10.0 Å². The molecule has 0 aliphatic carbocycles. The van der Waals surface area contributed by atoms with E-state index in [0.717, 1.165) is 0 Å². The molecule has 2 amide bonds. The Morgan fingerprint density at radius 3 is 2.62 bits per heavy atom. The number of nitrogens with one attached hydrogen (secondary N) is 2. The van der Waals surface area contributed by atoms with Gasteiger partial charge in [0.25, 0.3) is 15.9 Å². The normalized spacial score (nSPS) is 13.3. The molecule has 0 unspecified atom stereocenters. The van der Waals surface area contributed by atoms with Crippen LogP contribution in [0.1, 0.15) is 16.1 Å². The molecule has 0 fully saturated rings. The van der Waals surface area contributed by atoms with Crippen LogP contribution in [0.25, 0.3) is 0 Å². The predicted octanol–water partition coefficient (Wildman–Crippen LogP) is 2.85. The van der Waals surface area contributed by atoms with Crippen molar-refractivity contribution in [3.63, 3.8) is 0 Å². The molecule has 2 N–H and O–H groups in total. The zero-order valence-electron chi connectivity index (χ0n) is 15.4. The van der Waals surface area contributed by atoms with Gasteiger partial charge in [-0.3, -0.25) is 14.3 Å². The van der Waals surface area contributed by atoms with Crippen molar-refractivity contribution in [1.29, 1.82) is 0 Å². The van der Waals surface area contributed by atoms with Crippen molar-refractivity contribution in [2.75, 3.05) is 22.0 Å². The lowest BCUT2D eigenvalue weighted by molar-refractivity contribution is -0.117. The van der Waals surface area contributed by atoms with E-state index in [-0.39, 0.29) is 28.7 Å². The van der Waals surface area contributed by atoms with Crippen LogP contribution < -0.4 is 14.9 Å². The molecule has 1 aliphatic rings. The van der Waals surface area contributed by atoms with Crippen LogP contribution in [0.5, 0.6) is 0 Å². The molecule has 1 aliphatic heterocycles. The van der Waals surface area contributed by atoms with E-state index in [4.69, 9.17) is 4.42 Å². The van der Waals surface area contributed by atoms with E-state index in [1.807, 2.05) is 0 Å². The number of rotatable bonds is 5. The minimum absolute atomic E-state index is 0.0596. The second kappa shape index (κ2) is 7.10. The third kappa shape index (κ3) is 3.72. The highest BCUT2D eigenvalue weighted by Crippen LogP contribution is 2.30. The summed E-state index contributed by atoms with van der Waals surface area (Å²) in [5, 5.41) is 2.64. The molecule has 3 aromatic rings. The molecule has 0 atom stereocenters. The minimum Gasteiger partial charge on any atom is -0.459 e. The van der Waals surface area contributed by atoms with E-state index in [9.17, 15) is 18.0 Å². The number of carbonyl (C=O) groups excluding carboxylic acids is 2. The average Bonchev–Trinajstić information content (AvgIpc) is 3.30. The second-order valence-electron chi connectivity index (χ2n) is 6.54. The summed E-state index contributed by atoms with van der Waals surface area (Å²) in [6.45, 7) is 0. The maximum atomic E-state index is 12.8. The molecule has 0 spiro atoms. The SMILES string of the molecule is CN1C(=O)Cc2cc(S(=O)(=O)Nc3cccc(NC(=O)c4ccco4)c3)ccc21. The molecule has 1 aromatic heterocycles. The summed E-state index contributed by atoms with van der Waals surface area (Å²) in [6, 6.07) is 14.0. The lowest BCUT2D eigenvalue weighted by atomic mass is 10.2. The number of sulfonamides is 1. The number of benzene rings is 2. The van der Waals surface area contributed by atoms with Crippen LogP contribution in [0, 0.1) is 0 Å². The van der Waals surface area contributed by atoms with Gasteiger partial charge in [0.05, 0.1) is 23.3 Å². The number of furan rings is 1. The highest BCUT2D eigenvalue weighted by Gasteiger charge is 2.26. The zero-order chi connectivity index (χ0) is 20.6. The fraction of sp³-hybridized carbons (Fsp3) is 0.100. The summed E-state index contributed by atoms with van der Waals surface area (Å²) >= 11 is 0. The highest BCUT2D eigenvalue weighted by molar-refractivity contribution is 7.92. The number of nitrogens with zero attached hydrogens (tertiary/aromatic N) is 1. The fourth-order valence-corrected chi connectivity index (χ4v) is 4.19. The van der Waals surface area contributed by atoms with Gasteiger partial charge in [-0.1, -0.05) is 6.07 Å². The number of anilines is 3. The number of likely N-dealkylation sites (N-methyl/N-ethyl adjacent to an activating group) is 1. The lowest BCUT2D eigenvalue weighted by Crippen LogP contribution is -2.20. The quantitative estimate of drug-likeness (QED) is 0.671. The molecule has 8 nitrogen and oxygen atoms in total. The molecule has 0 saturated carbocycles. The van der Waals surface area contributed by atoms with Crippen LogP contribution in [0.3, 0.4) is 0 Å². The summed E-state index contributed by atoms with van der Waals surface area (Å²) < 4.78 is 33.1. The lowest BCUT2D eigenvalue weighted by Gasteiger charge is -2.12. The van der Waals surface area contributed by atoms with Crippen LogP contribution in [0.15, 0.2) is 70.2 Å². The minimum atomic E-state index is -3.87. The molecule has 9 heteroatoms. The predicted molar refractivity (Wildman–Crippen MR) is 107 cm³/mol. The van der Waals surface area contributed by atoms with E-state index < -0.39 is 15.9 Å². The van der Waals surface area contributed by atoms with Crippen molar-refractivity contribution in [3.8, 4) is 0 Å². The van der Waals surface area contributed by atoms with Crippen LogP contribution >= 0.6 is 0 Å². The first kappa shape index (κ1) is 18.8. The van der Waals surface area contributed by atoms with Crippen molar-refractivity contribution < 1.29 is 22.4 Å². The van der Waals surface area contributed by atoms with Gasteiger partial charge in [0.1, 0.15) is 0 Å². The molecule has 2 aromatic carbocycles. The van der Waals surface area contributed by atoms with Gasteiger partial charge in [0.2, 0.25) is 5.91 Å². The average molecular weight is 411 g/mol. The van der Waals surface area contributed by atoms with Gasteiger partial charge >= 0.3 is 0 Å². The molecule has 0 saturated heterocycles. The summed E-state index contributed by atoms with van der Waals surface area (Å²) in [5.41, 5.74) is 2.07. The fourth-order valence-electron chi connectivity index (χ4n) is 3.09. The van der Waals surface area contributed by atoms with E-state index >= 15 is 0 Å². The maximum absolute atomic E-state index is 12.8. The highest BCUT2D eigenvalue weighted by atomic mass is 32.2. The first-order chi connectivity index (χ1) is 13.8. The van der Waals surface area contributed by atoms with Crippen molar-refractivity contribution in [2.45, 2.75) is 11.3 Å². The smallest absolute Gasteiger partial charge is 0.291 e. The molecule has 2 heterocycles. The first-order valence-electron chi connectivity index (χ1n) is 8.71. The molecule has 0 bridgehead atoms. The van der Waals surface area contributed by atoms with Crippen LogP contribution in [-0.2, 0) is 21.2 Å². The Kier molecular flexibility index (Phi) is 4.59. The Morgan fingerprint density at radius 2 is 1.86 bits per heavy atom. The van der Waals surface area contributed by atoms with E-state index in [0.29, 0.717) is 16.9 Å². The van der Waals surface area contributed by atoms with Crippen molar-refractivity contribution >= 4 is 38.9 Å². The van der Waals surface area contributed by atoms with Gasteiger partial charge in [-0.05, 0) is 54.1 Å². The second-order valence-corrected chi connectivity index (χ2v) is 8.22. The van der Waals surface area contributed by atoms with Gasteiger partial charge in [-0.2, -0.15) is 0 Å². The van der Waals surface area contributed by atoms with Gasteiger partial charge in [0, 0.05) is 18.4 Å². The standard InChI is InChI=1S/C20H17N3O5S/c1-23-17-8-7-16(10-13(17)11-19(23)24)29(26,27)22-15-5-2-4-14(12-15)21-20(25)18-6-3-9-28-18/h2-10,12,22H,11H2,1H3,(H,21,25). The number of hydrogen-bond donors (Lipinski definition) is 2. The Morgan fingerprint density at radius 1 is 1.07 bits per heavy atom. The monoisotopic (exact) mass is 411 g/mol. The molecular formula is C20H17N3O5S. The summed E-state index contributed by atoms with van der Waals surface area (Å²) in [4.78, 5) is 25.5. The number of carbonyl (C=O) groups is 2. The number of amides is 2. The van der Waals surface area contributed by atoms with E-state index in [1.54, 1.807) is 37.4 Å². The zero-order valence-corrected chi connectivity index (χ0v) is 16.2. The topological polar surface area (TPSA) is 109 Å². The first-order valence-corrected chi connectivity index (χ1v) is 10.2. The maximum Gasteiger partial charge on any atom is 0.291 e.